The molecule has 0 amide bonds. The van der Waals surface area contributed by atoms with Crippen LogP contribution in [-0.2, 0) is 6.42 Å². The van der Waals surface area contributed by atoms with E-state index in [0.29, 0.717) is 6.10 Å². The first-order valence-corrected chi connectivity index (χ1v) is 7.36. The third-order valence-corrected chi connectivity index (χ3v) is 3.90. The minimum Gasteiger partial charge on any atom is -0.490 e. The molecule has 1 unspecified atom stereocenters. The molecule has 0 bridgehead atoms. The second-order valence-electron chi connectivity index (χ2n) is 5.29. The number of hydrogen-bond donors (Lipinski definition) is 1. The van der Waals surface area contributed by atoms with E-state index in [9.17, 15) is 0 Å². The molecule has 1 aliphatic carbocycles. The Morgan fingerprint density at radius 2 is 1.80 bits per heavy atom. The normalized spacial score (nSPS) is 15.9. The van der Waals surface area contributed by atoms with Crippen molar-refractivity contribution >= 4 is 11.6 Å². The van der Waals surface area contributed by atoms with Gasteiger partial charge in [0.1, 0.15) is 5.75 Å². The largest absolute Gasteiger partial charge is 0.490 e. The summed E-state index contributed by atoms with van der Waals surface area (Å²) < 4.78 is 5.74. The zero-order valence-corrected chi connectivity index (χ0v) is 12.0. The highest BCUT2D eigenvalue weighted by atomic mass is 35.5. The Morgan fingerprint density at radius 3 is 2.45 bits per heavy atom. The highest BCUT2D eigenvalue weighted by Crippen LogP contribution is 2.28. The number of ether oxygens (including phenoxy) is 1. The predicted octanol–water partition coefficient (Wildman–Crippen LogP) is 4.12. The van der Waals surface area contributed by atoms with E-state index in [1.807, 2.05) is 48.5 Å². The quantitative estimate of drug-likeness (QED) is 0.897. The Hall–Kier alpha value is -1.51. The lowest BCUT2D eigenvalue weighted by molar-refractivity contribution is 0.303. The maximum atomic E-state index is 6.26. The van der Waals surface area contributed by atoms with Gasteiger partial charge in [0, 0.05) is 11.1 Å². The molecular formula is C17H18ClNO. The molecule has 1 aliphatic rings. The van der Waals surface area contributed by atoms with E-state index in [2.05, 4.69) is 0 Å². The summed E-state index contributed by atoms with van der Waals surface area (Å²) in [5, 5.41) is 0.775. The van der Waals surface area contributed by atoms with Crippen molar-refractivity contribution < 1.29 is 4.74 Å². The molecule has 0 spiro atoms. The van der Waals surface area contributed by atoms with Gasteiger partial charge in [0.2, 0.25) is 0 Å². The summed E-state index contributed by atoms with van der Waals surface area (Å²) in [5.41, 5.74) is 8.45. The lowest BCUT2D eigenvalue weighted by Crippen LogP contribution is -2.13. The van der Waals surface area contributed by atoms with Crippen LogP contribution in [0.4, 0.5) is 0 Å². The average Bonchev–Trinajstić information content (AvgIpc) is 3.26. The van der Waals surface area contributed by atoms with Crippen molar-refractivity contribution in [2.24, 2.45) is 5.73 Å². The number of rotatable bonds is 5. The summed E-state index contributed by atoms with van der Waals surface area (Å²) in [6.07, 6.45) is 3.52. The molecule has 20 heavy (non-hydrogen) atoms. The van der Waals surface area contributed by atoms with Crippen LogP contribution in [0.25, 0.3) is 0 Å². The number of hydrogen-bond acceptors (Lipinski definition) is 2. The van der Waals surface area contributed by atoms with Gasteiger partial charge in [-0.05, 0) is 48.6 Å². The molecule has 0 heterocycles. The van der Waals surface area contributed by atoms with Gasteiger partial charge in [-0.3, -0.25) is 0 Å². The molecule has 3 heteroatoms. The monoisotopic (exact) mass is 287 g/mol. The van der Waals surface area contributed by atoms with Crippen LogP contribution < -0.4 is 10.5 Å². The molecule has 104 valence electrons. The third kappa shape index (κ3) is 3.33. The minimum atomic E-state index is -0.0510. The van der Waals surface area contributed by atoms with Crippen LogP contribution in [0, 0.1) is 0 Å². The van der Waals surface area contributed by atoms with Crippen molar-refractivity contribution in [3.8, 4) is 5.75 Å². The molecular weight excluding hydrogens is 270 g/mol. The lowest BCUT2D eigenvalue weighted by Gasteiger charge is -2.14. The Labute approximate surface area is 124 Å². The van der Waals surface area contributed by atoms with E-state index < -0.39 is 0 Å². The summed E-state index contributed by atoms with van der Waals surface area (Å²) >= 11 is 6.17. The maximum Gasteiger partial charge on any atom is 0.119 e. The molecule has 2 aromatic rings. The van der Waals surface area contributed by atoms with Crippen molar-refractivity contribution in [3.63, 3.8) is 0 Å². The van der Waals surface area contributed by atoms with Gasteiger partial charge >= 0.3 is 0 Å². The molecule has 2 aromatic carbocycles. The minimum absolute atomic E-state index is 0.0510. The SMILES string of the molecule is NC(Cc1ccccc1Cl)c1ccc(OC2CC2)cc1. The standard InChI is InChI=1S/C17H18ClNO/c18-16-4-2-1-3-13(16)11-17(19)12-5-7-14(8-6-12)20-15-9-10-15/h1-8,15,17H,9-11,19H2. The van der Waals surface area contributed by atoms with Crippen LogP contribution in [0.3, 0.4) is 0 Å². The molecule has 0 saturated heterocycles. The van der Waals surface area contributed by atoms with Gasteiger partial charge in [-0.1, -0.05) is 41.9 Å². The Bertz CT molecular complexity index is 578. The highest BCUT2D eigenvalue weighted by molar-refractivity contribution is 6.31. The summed E-state index contributed by atoms with van der Waals surface area (Å²) in [6, 6.07) is 15.9. The Kier molecular flexibility index (Phi) is 3.95. The molecule has 1 fully saturated rings. The maximum absolute atomic E-state index is 6.26. The van der Waals surface area contributed by atoms with Gasteiger partial charge in [0.15, 0.2) is 0 Å². The fourth-order valence-electron chi connectivity index (χ4n) is 2.19. The first-order valence-electron chi connectivity index (χ1n) is 6.98. The van der Waals surface area contributed by atoms with Crippen molar-refractivity contribution in [3.05, 3.63) is 64.7 Å². The van der Waals surface area contributed by atoms with Gasteiger partial charge in [0.25, 0.3) is 0 Å². The Morgan fingerprint density at radius 1 is 1.10 bits per heavy atom. The van der Waals surface area contributed by atoms with Crippen LogP contribution in [-0.4, -0.2) is 6.10 Å². The highest BCUT2D eigenvalue weighted by Gasteiger charge is 2.23. The molecule has 2 N–H and O–H groups in total. The fourth-order valence-corrected chi connectivity index (χ4v) is 2.40. The van der Waals surface area contributed by atoms with Crippen LogP contribution in [0.5, 0.6) is 5.75 Å². The number of benzene rings is 2. The van der Waals surface area contributed by atoms with Gasteiger partial charge in [-0.15, -0.1) is 0 Å². The van der Waals surface area contributed by atoms with Crippen LogP contribution in [0.1, 0.15) is 30.0 Å². The molecule has 1 atom stereocenters. The van der Waals surface area contributed by atoms with Crippen LogP contribution >= 0.6 is 11.6 Å². The van der Waals surface area contributed by atoms with Crippen molar-refractivity contribution in [2.45, 2.75) is 31.4 Å². The second kappa shape index (κ2) is 5.86. The van der Waals surface area contributed by atoms with Crippen LogP contribution in [0.2, 0.25) is 5.02 Å². The van der Waals surface area contributed by atoms with E-state index >= 15 is 0 Å². The van der Waals surface area contributed by atoms with Crippen molar-refractivity contribution in [1.29, 1.82) is 0 Å². The summed E-state index contributed by atoms with van der Waals surface area (Å²) in [5.74, 6) is 0.932. The fraction of sp³-hybridized carbons (Fsp3) is 0.294. The third-order valence-electron chi connectivity index (χ3n) is 3.53. The summed E-state index contributed by atoms with van der Waals surface area (Å²) in [6.45, 7) is 0. The molecule has 2 nitrogen and oxygen atoms in total. The van der Waals surface area contributed by atoms with Crippen molar-refractivity contribution in [1.82, 2.24) is 0 Å². The zero-order valence-electron chi connectivity index (χ0n) is 11.3. The zero-order chi connectivity index (χ0) is 13.9. The van der Waals surface area contributed by atoms with E-state index in [4.69, 9.17) is 22.1 Å². The Balaban J connectivity index is 1.67. The van der Waals surface area contributed by atoms with E-state index in [0.717, 1.165) is 28.3 Å². The predicted molar refractivity (Wildman–Crippen MR) is 82.2 cm³/mol. The summed E-state index contributed by atoms with van der Waals surface area (Å²) in [7, 11) is 0. The second-order valence-corrected chi connectivity index (χ2v) is 5.70. The topological polar surface area (TPSA) is 35.2 Å². The smallest absolute Gasteiger partial charge is 0.119 e. The van der Waals surface area contributed by atoms with Gasteiger partial charge in [-0.25, -0.2) is 0 Å². The molecule has 1 saturated carbocycles. The first-order chi connectivity index (χ1) is 9.72. The van der Waals surface area contributed by atoms with E-state index in [1.165, 1.54) is 12.8 Å². The van der Waals surface area contributed by atoms with Gasteiger partial charge < -0.3 is 10.5 Å². The molecule has 0 aliphatic heterocycles. The van der Waals surface area contributed by atoms with E-state index in [-0.39, 0.29) is 6.04 Å². The van der Waals surface area contributed by atoms with Crippen molar-refractivity contribution in [2.75, 3.05) is 0 Å². The molecule has 0 radical (unpaired) electrons. The lowest BCUT2D eigenvalue weighted by atomic mass is 9.99. The number of nitrogens with two attached hydrogens (primary N) is 1. The average molecular weight is 288 g/mol. The van der Waals surface area contributed by atoms with Gasteiger partial charge in [-0.2, -0.15) is 0 Å². The molecule has 3 rings (SSSR count). The first kappa shape index (κ1) is 13.5. The summed E-state index contributed by atoms with van der Waals surface area (Å²) in [4.78, 5) is 0. The van der Waals surface area contributed by atoms with E-state index in [1.54, 1.807) is 0 Å². The van der Waals surface area contributed by atoms with Crippen LogP contribution in [0.15, 0.2) is 48.5 Å². The molecule has 0 aromatic heterocycles. The number of halogens is 1. The van der Waals surface area contributed by atoms with Gasteiger partial charge in [0.05, 0.1) is 6.10 Å².